The molecule has 2 aliphatic heterocycles. The fourth-order valence-corrected chi connectivity index (χ4v) is 3.46. The maximum absolute atomic E-state index is 8.93. The van der Waals surface area contributed by atoms with Crippen molar-refractivity contribution < 1.29 is 9.84 Å². The van der Waals surface area contributed by atoms with Crippen LogP contribution in [0.1, 0.15) is 42.9 Å². The smallest absolute Gasteiger partial charge is 0.0893 e. The molecule has 0 bridgehead atoms. The number of ether oxygens (including phenoxy) is 1. The number of rotatable bonds is 4. The Morgan fingerprint density at radius 3 is 3.11 bits per heavy atom. The van der Waals surface area contributed by atoms with Crippen molar-refractivity contribution in [2.24, 2.45) is 5.92 Å². The summed E-state index contributed by atoms with van der Waals surface area (Å²) in [6, 6.07) is 7.09. The number of anilines is 1. The molecule has 3 rings (SSSR count). The number of hydrogen-bond donors (Lipinski definition) is 2. The van der Waals surface area contributed by atoms with Crippen LogP contribution in [0.3, 0.4) is 0 Å². The Kier molecular flexibility index (Phi) is 3.76. The highest BCUT2D eigenvalue weighted by molar-refractivity contribution is 5.57. The van der Waals surface area contributed by atoms with E-state index in [0.29, 0.717) is 18.6 Å². The zero-order valence-electron chi connectivity index (χ0n) is 11.6. The SMILES string of the molecule is Cc1ccc2c(c1)[C@H]1OCC[C@H]1[C@@H](CCCCO)N2. The zero-order chi connectivity index (χ0) is 13.2. The van der Waals surface area contributed by atoms with Gasteiger partial charge in [0.2, 0.25) is 0 Å². The van der Waals surface area contributed by atoms with E-state index in [1.54, 1.807) is 0 Å². The Morgan fingerprint density at radius 1 is 1.37 bits per heavy atom. The maximum atomic E-state index is 8.93. The lowest BCUT2D eigenvalue weighted by atomic mass is 9.81. The van der Waals surface area contributed by atoms with Crippen molar-refractivity contribution in [3.63, 3.8) is 0 Å². The summed E-state index contributed by atoms with van der Waals surface area (Å²) < 4.78 is 5.99. The number of aliphatic hydroxyl groups is 1. The Bertz CT molecular complexity index is 446. The van der Waals surface area contributed by atoms with E-state index in [9.17, 15) is 0 Å². The van der Waals surface area contributed by atoms with Gasteiger partial charge in [0.05, 0.1) is 6.10 Å². The molecule has 3 heteroatoms. The molecule has 0 spiro atoms. The monoisotopic (exact) mass is 261 g/mol. The normalized spacial score (nSPS) is 28.6. The number of unbranched alkanes of at least 4 members (excludes halogenated alkanes) is 1. The van der Waals surface area contributed by atoms with Crippen LogP contribution in [0, 0.1) is 12.8 Å². The maximum Gasteiger partial charge on any atom is 0.0893 e. The third kappa shape index (κ3) is 2.49. The highest BCUT2D eigenvalue weighted by Gasteiger charge is 2.40. The Morgan fingerprint density at radius 2 is 2.26 bits per heavy atom. The molecule has 1 aromatic rings. The average Bonchev–Trinajstić information content (AvgIpc) is 2.89. The number of hydrogen-bond acceptors (Lipinski definition) is 3. The highest BCUT2D eigenvalue weighted by Crippen LogP contribution is 2.45. The van der Waals surface area contributed by atoms with Crippen LogP contribution in [0.4, 0.5) is 5.69 Å². The molecule has 0 aliphatic carbocycles. The van der Waals surface area contributed by atoms with Gasteiger partial charge in [-0.15, -0.1) is 0 Å². The van der Waals surface area contributed by atoms with E-state index in [0.717, 1.165) is 32.3 Å². The first kappa shape index (κ1) is 12.9. The van der Waals surface area contributed by atoms with E-state index in [1.165, 1.54) is 16.8 Å². The second-order valence-corrected chi connectivity index (χ2v) is 5.80. The van der Waals surface area contributed by atoms with Crippen molar-refractivity contribution in [3.05, 3.63) is 29.3 Å². The van der Waals surface area contributed by atoms with Crippen LogP contribution in [-0.2, 0) is 4.74 Å². The third-order valence-electron chi connectivity index (χ3n) is 4.43. The predicted octanol–water partition coefficient (Wildman–Crippen LogP) is 3.03. The molecule has 0 saturated carbocycles. The van der Waals surface area contributed by atoms with Crippen LogP contribution in [0.2, 0.25) is 0 Å². The van der Waals surface area contributed by atoms with Crippen LogP contribution < -0.4 is 5.32 Å². The van der Waals surface area contributed by atoms with Gasteiger partial charge in [-0.3, -0.25) is 0 Å². The van der Waals surface area contributed by atoms with Gasteiger partial charge in [0.1, 0.15) is 0 Å². The number of nitrogens with one attached hydrogen (secondary N) is 1. The second-order valence-electron chi connectivity index (χ2n) is 5.80. The minimum absolute atomic E-state index is 0.273. The van der Waals surface area contributed by atoms with Crippen LogP contribution in [-0.4, -0.2) is 24.4 Å². The van der Waals surface area contributed by atoms with Crippen molar-refractivity contribution in [3.8, 4) is 0 Å². The van der Waals surface area contributed by atoms with Gasteiger partial charge in [-0.1, -0.05) is 17.7 Å². The van der Waals surface area contributed by atoms with Gasteiger partial charge in [-0.05, 0) is 38.7 Å². The lowest BCUT2D eigenvalue weighted by molar-refractivity contribution is 0.0817. The van der Waals surface area contributed by atoms with Gasteiger partial charge in [0, 0.05) is 36.4 Å². The molecule has 3 atom stereocenters. The standard InChI is InChI=1S/C16H23NO2/c1-11-5-6-15-13(10-11)16-12(7-9-19-16)14(17-15)4-2-3-8-18/h5-6,10,12,14,16-18H,2-4,7-9H2,1H3/t12-,14+,16-/m0/s1. The van der Waals surface area contributed by atoms with Crippen molar-refractivity contribution in [1.29, 1.82) is 0 Å². The van der Waals surface area contributed by atoms with Crippen molar-refractivity contribution in [1.82, 2.24) is 0 Å². The summed E-state index contributed by atoms with van der Waals surface area (Å²) in [6.07, 6.45) is 4.53. The van der Waals surface area contributed by atoms with Crippen LogP contribution in [0.25, 0.3) is 0 Å². The second kappa shape index (κ2) is 5.51. The first-order chi connectivity index (χ1) is 9.29. The van der Waals surface area contributed by atoms with Gasteiger partial charge in [-0.25, -0.2) is 0 Å². The predicted molar refractivity (Wildman–Crippen MR) is 76.3 cm³/mol. The summed E-state index contributed by atoms with van der Waals surface area (Å²) in [5, 5.41) is 12.6. The van der Waals surface area contributed by atoms with E-state index >= 15 is 0 Å². The highest BCUT2D eigenvalue weighted by atomic mass is 16.5. The van der Waals surface area contributed by atoms with Crippen LogP contribution >= 0.6 is 0 Å². The molecule has 2 aliphatic rings. The molecule has 0 amide bonds. The van der Waals surface area contributed by atoms with Gasteiger partial charge >= 0.3 is 0 Å². The molecule has 1 saturated heterocycles. The lowest BCUT2D eigenvalue weighted by Gasteiger charge is -2.36. The van der Waals surface area contributed by atoms with Crippen LogP contribution in [0.5, 0.6) is 0 Å². The fourth-order valence-electron chi connectivity index (χ4n) is 3.46. The van der Waals surface area contributed by atoms with E-state index in [-0.39, 0.29) is 6.10 Å². The number of benzene rings is 1. The summed E-state index contributed by atoms with van der Waals surface area (Å²) in [5.74, 6) is 0.591. The summed E-state index contributed by atoms with van der Waals surface area (Å²) >= 11 is 0. The van der Waals surface area contributed by atoms with Crippen molar-refractivity contribution in [2.75, 3.05) is 18.5 Å². The molecule has 1 fully saturated rings. The molecule has 19 heavy (non-hydrogen) atoms. The summed E-state index contributed by atoms with van der Waals surface area (Å²) in [7, 11) is 0. The van der Waals surface area contributed by atoms with Crippen molar-refractivity contribution in [2.45, 2.75) is 44.8 Å². The molecule has 0 unspecified atom stereocenters. The molecule has 104 valence electrons. The minimum Gasteiger partial charge on any atom is -0.396 e. The molecule has 0 aromatic heterocycles. The van der Waals surface area contributed by atoms with E-state index < -0.39 is 0 Å². The number of fused-ring (bicyclic) bond motifs is 3. The summed E-state index contributed by atoms with van der Waals surface area (Å²) in [6.45, 7) is 3.31. The third-order valence-corrected chi connectivity index (χ3v) is 4.43. The topological polar surface area (TPSA) is 41.5 Å². The van der Waals surface area contributed by atoms with Gasteiger partial charge in [0.25, 0.3) is 0 Å². The van der Waals surface area contributed by atoms with Crippen molar-refractivity contribution >= 4 is 5.69 Å². The molecule has 0 radical (unpaired) electrons. The lowest BCUT2D eigenvalue weighted by Crippen LogP contribution is -2.36. The molecule has 3 nitrogen and oxygen atoms in total. The molecule has 1 aromatic carbocycles. The quantitative estimate of drug-likeness (QED) is 0.819. The zero-order valence-corrected chi connectivity index (χ0v) is 11.6. The largest absolute Gasteiger partial charge is 0.396 e. The van der Waals surface area contributed by atoms with Gasteiger partial charge in [-0.2, -0.15) is 0 Å². The first-order valence-electron chi connectivity index (χ1n) is 7.39. The summed E-state index contributed by atoms with van der Waals surface area (Å²) in [5.41, 5.74) is 3.87. The fraction of sp³-hybridized carbons (Fsp3) is 0.625. The Balaban J connectivity index is 1.81. The average molecular weight is 261 g/mol. The van der Waals surface area contributed by atoms with Gasteiger partial charge < -0.3 is 15.2 Å². The summed E-state index contributed by atoms with van der Waals surface area (Å²) in [4.78, 5) is 0. The molecular weight excluding hydrogens is 238 g/mol. The molecule has 2 N–H and O–H groups in total. The Hall–Kier alpha value is -1.06. The first-order valence-corrected chi connectivity index (χ1v) is 7.39. The molecular formula is C16H23NO2. The van der Waals surface area contributed by atoms with E-state index in [4.69, 9.17) is 9.84 Å². The van der Waals surface area contributed by atoms with E-state index in [2.05, 4.69) is 30.4 Å². The van der Waals surface area contributed by atoms with Gasteiger partial charge in [0.15, 0.2) is 0 Å². The Labute approximate surface area is 115 Å². The number of aryl methyl sites for hydroxylation is 1. The minimum atomic E-state index is 0.273. The van der Waals surface area contributed by atoms with Crippen LogP contribution in [0.15, 0.2) is 18.2 Å². The molecule has 2 heterocycles. The van der Waals surface area contributed by atoms with E-state index in [1.807, 2.05) is 0 Å². The number of aliphatic hydroxyl groups excluding tert-OH is 1.